The van der Waals surface area contributed by atoms with E-state index >= 15 is 0 Å². The van der Waals surface area contributed by atoms with Gasteiger partial charge in [0.2, 0.25) is 0 Å². The number of hydrogen-bond donors (Lipinski definition) is 4. The van der Waals surface area contributed by atoms with Crippen molar-refractivity contribution in [3.05, 3.63) is 24.3 Å². The monoisotopic (exact) mass is 333 g/mol. The van der Waals surface area contributed by atoms with Crippen LogP contribution >= 0.6 is 0 Å². The predicted octanol–water partition coefficient (Wildman–Crippen LogP) is 1.08. The Balaban J connectivity index is 2.97. The first-order valence-electron chi connectivity index (χ1n) is 5.47. The van der Waals surface area contributed by atoms with Gasteiger partial charge in [0.15, 0.2) is 0 Å². The maximum atomic E-state index is 11.2. The third-order valence-electron chi connectivity index (χ3n) is 2.84. The van der Waals surface area contributed by atoms with Gasteiger partial charge >= 0.3 is 0 Å². The molecule has 2 aromatic carbocycles. The van der Waals surface area contributed by atoms with Gasteiger partial charge in [-0.1, -0.05) is 0 Å². The van der Waals surface area contributed by atoms with E-state index in [0.29, 0.717) is 0 Å². The number of phenolic OH excluding ortho intramolecular Hbond substituents is 1. The molecule has 0 fully saturated rings. The summed E-state index contributed by atoms with van der Waals surface area (Å²) < 4.78 is 62.8. The van der Waals surface area contributed by atoms with Crippen LogP contribution in [0.25, 0.3) is 10.8 Å². The van der Waals surface area contributed by atoms with Crippen LogP contribution in [0.5, 0.6) is 5.75 Å². The molecule has 0 saturated heterocycles. The Bertz CT molecular complexity index is 927. The third-order valence-corrected chi connectivity index (χ3v) is 4.50. The second-order valence-electron chi connectivity index (χ2n) is 4.21. The lowest BCUT2D eigenvalue weighted by Crippen LogP contribution is -2.02. The van der Waals surface area contributed by atoms with E-state index in [2.05, 4.69) is 5.32 Å². The number of nitrogens with one attached hydrogen (secondary N) is 1. The number of anilines is 1. The smallest absolute Gasteiger partial charge is 0.294 e. The van der Waals surface area contributed by atoms with Crippen molar-refractivity contribution in [2.24, 2.45) is 0 Å². The van der Waals surface area contributed by atoms with E-state index in [9.17, 15) is 21.9 Å². The maximum Gasteiger partial charge on any atom is 0.294 e. The predicted molar refractivity (Wildman–Crippen MR) is 74.8 cm³/mol. The Morgan fingerprint density at radius 1 is 0.905 bits per heavy atom. The molecule has 2 rings (SSSR count). The molecule has 114 valence electrons. The summed E-state index contributed by atoms with van der Waals surface area (Å²) in [5.74, 6) is -0.466. The molecule has 0 saturated carbocycles. The first-order valence-corrected chi connectivity index (χ1v) is 8.35. The average Bonchev–Trinajstić information content (AvgIpc) is 2.34. The van der Waals surface area contributed by atoms with Crippen LogP contribution in [0.15, 0.2) is 34.1 Å². The molecule has 2 aromatic rings. The zero-order valence-corrected chi connectivity index (χ0v) is 12.2. The van der Waals surface area contributed by atoms with Gasteiger partial charge in [0.1, 0.15) is 5.75 Å². The number of hydrogen-bond acceptors (Lipinski definition) is 6. The van der Waals surface area contributed by atoms with Gasteiger partial charge in [-0.25, -0.2) is 0 Å². The van der Waals surface area contributed by atoms with Gasteiger partial charge in [-0.2, -0.15) is 16.8 Å². The fourth-order valence-corrected chi connectivity index (χ4v) is 3.01. The van der Waals surface area contributed by atoms with Crippen LogP contribution in [0.4, 0.5) is 5.69 Å². The minimum Gasteiger partial charge on any atom is -0.507 e. The molecule has 0 aromatic heterocycles. The number of rotatable bonds is 3. The van der Waals surface area contributed by atoms with Gasteiger partial charge in [0, 0.05) is 24.2 Å². The number of phenols is 1. The number of benzene rings is 2. The molecule has 0 aliphatic rings. The van der Waals surface area contributed by atoms with Crippen molar-refractivity contribution in [1.29, 1.82) is 0 Å². The van der Waals surface area contributed by atoms with Gasteiger partial charge in [0.05, 0.1) is 9.79 Å². The van der Waals surface area contributed by atoms with Gasteiger partial charge in [0.25, 0.3) is 20.2 Å². The molecular weight excluding hydrogens is 322 g/mol. The molecule has 0 unspecified atom stereocenters. The van der Waals surface area contributed by atoms with E-state index in [1.54, 1.807) is 0 Å². The summed E-state index contributed by atoms with van der Waals surface area (Å²) in [4.78, 5) is -1.08. The molecular formula is C11H11NO7S2. The van der Waals surface area contributed by atoms with Crippen molar-refractivity contribution in [2.45, 2.75) is 9.79 Å². The summed E-state index contributed by atoms with van der Waals surface area (Å²) in [5, 5.41) is 12.7. The lowest BCUT2D eigenvalue weighted by molar-refractivity contribution is 0.471. The van der Waals surface area contributed by atoms with Crippen LogP contribution in [0.2, 0.25) is 0 Å². The van der Waals surface area contributed by atoms with Crippen LogP contribution < -0.4 is 5.32 Å². The maximum absolute atomic E-state index is 11.2. The van der Waals surface area contributed by atoms with Crippen LogP contribution in [-0.2, 0) is 20.2 Å². The highest BCUT2D eigenvalue weighted by atomic mass is 32.2. The second kappa shape index (κ2) is 4.84. The minimum absolute atomic E-state index is 0.0158. The fraction of sp³-hybridized carbons (Fsp3) is 0.0909. The fourth-order valence-electron chi connectivity index (χ4n) is 1.93. The first kappa shape index (κ1) is 15.5. The topological polar surface area (TPSA) is 141 Å². The van der Waals surface area contributed by atoms with Crippen LogP contribution in [0, 0.1) is 0 Å². The Morgan fingerprint density at radius 2 is 1.38 bits per heavy atom. The van der Waals surface area contributed by atoms with Crippen LogP contribution in [0.3, 0.4) is 0 Å². The minimum atomic E-state index is -4.58. The van der Waals surface area contributed by atoms with Crippen LogP contribution in [-0.4, -0.2) is 38.1 Å². The largest absolute Gasteiger partial charge is 0.507 e. The highest BCUT2D eigenvalue weighted by Gasteiger charge is 2.19. The van der Waals surface area contributed by atoms with E-state index < -0.39 is 35.8 Å². The molecule has 10 heteroatoms. The quantitative estimate of drug-likeness (QED) is 0.611. The van der Waals surface area contributed by atoms with Crippen LogP contribution in [0.1, 0.15) is 0 Å². The number of fused-ring (bicyclic) bond motifs is 1. The molecule has 0 aliphatic carbocycles. The highest BCUT2D eigenvalue weighted by Crippen LogP contribution is 2.36. The molecule has 8 nitrogen and oxygen atoms in total. The normalized spacial score (nSPS) is 12.5. The van der Waals surface area contributed by atoms with E-state index in [-0.39, 0.29) is 16.5 Å². The van der Waals surface area contributed by atoms with Crippen molar-refractivity contribution in [3.63, 3.8) is 0 Å². The molecule has 0 bridgehead atoms. The van der Waals surface area contributed by atoms with Gasteiger partial charge < -0.3 is 10.4 Å². The van der Waals surface area contributed by atoms with Crippen molar-refractivity contribution in [1.82, 2.24) is 0 Å². The summed E-state index contributed by atoms with van der Waals surface area (Å²) >= 11 is 0. The van der Waals surface area contributed by atoms with Gasteiger partial charge in [-0.05, 0) is 23.6 Å². The Hall–Kier alpha value is -1.88. The zero-order chi connectivity index (χ0) is 16.0. The van der Waals surface area contributed by atoms with Crippen molar-refractivity contribution >= 4 is 36.7 Å². The molecule has 21 heavy (non-hydrogen) atoms. The summed E-state index contributed by atoms with van der Waals surface area (Å²) in [6.07, 6.45) is 0. The molecule has 0 amide bonds. The average molecular weight is 333 g/mol. The molecule has 0 aliphatic heterocycles. The summed E-state index contributed by atoms with van der Waals surface area (Å²) in [7, 11) is -7.64. The SMILES string of the molecule is CNc1cc(S(=O)(=O)O)cc2cc(S(=O)(=O)O)cc(O)c12. The summed E-state index contributed by atoms with van der Waals surface area (Å²) in [5.41, 5.74) is 0.166. The molecule has 0 radical (unpaired) electrons. The van der Waals surface area contributed by atoms with E-state index in [1.807, 2.05) is 0 Å². The number of aromatic hydroxyl groups is 1. The van der Waals surface area contributed by atoms with Gasteiger partial charge in [-0.3, -0.25) is 9.11 Å². The van der Waals surface area contributed by atoms with Crippen molar-refractivity contribution in [2.75, 3.05) is 12.4 Å². The van der Waals surface area contributed by atoms with Crippen molar-refractivity contribution in [3.8, 4) is 5.75 Å². The molecule has 0 heterocycles. The Morgan fingerprint density at radius 3 is 1.81 bits per heavy atom. The van der Waals surface area contributed by atoms with Gasteiger partial charge in [-0.15, -0.1) is 0 Å². The van der Waals surface area contributed by atoms with E-state index in [1.165, 1.54) is 7.05 Å². The van der Waals surface area contributed by atoms with E-state index in [0.717, 1.165) is 24.3 Å². The highest BCUT2D eigenvalue weighted by molar-refractivity contribution is 7.86. The summed E-state index contributed by atoms with van der Waals surface area (Å²) in [6, 6.07) is 3.90. The molecule has 4 N–H and O–H groups in total. The Kier molecular flexibility index (Phi) is 3.58. The standard InChI is InChI=1S/C11H11NO7S2/c1-12-9-4-7(20(14,15)16)2-6-3-8(21(17,18)19)5-10(13)11(6)9/h2-5,12-13H,1H3,(H,14,15,16)(H,17,18,19). The Labute approximate surface area is 120 Å². The second-order valence-corrected chi connectivity index (χ2v) is 7.05. The molecule has 0 atom stereocenters. The van der Waals surface area contributed by atoms with Crippen molar-refractivity contribution < 1.29 is 31.0 Å². The first-order chi connectivity index (χ1) is 9.54. The molecule has 0 spiro atoms. The summed E-state index contributed by atoms with van der Waals surface area (Å²) in [6.45, 7) is 0. The third kappa shape index (κ3) is 2.93. The lowest BCUT2D eigenvalue weighted by Gasteiger charge is -2.11. The lowest BCUT2D eigenvalue weighted by atomic mass is 10.1. The van der Waals surface area contributed by atoms with E-state index in [4.69, 9.17) is 9.11 Å². The zero-order valence-electron chi connectivity index (χ0n) is 10.6.